The van der Waals surface area contributed by atoms with E-state index in [1.807, 2.05) is 12.4 Å². The molecular weight excluding hydrogens is 222 g/mol. The van der Waals surface area contributed by atoms with Crippen molar-refractivity contribution in [2.45, 2.75) is 57.9 Å². The molecule has 0 aromatic carbocycles. The Hall–Kier alpha value is -0.830. The predicted octanol–water partition coefficient (Wildman–Crippen LogP) is 2.91. The minimum absolute atomic E-state index is 0.713. The summed E-state index contributed by atoms with van der Waals surface area (Å²) in [7, 11) is 2.07. The Morgan fingerprint density at radius 2 is 2.17 bits per heavy atom. The van der Waals surface area contributed by atoms with Crippen LogP contribution >= 0.6 is 0 Å². The zero-order chi connectivity index (χ0) is 12.8. The molecular formula is C15H27N3. The zero-order valence-electron chi connectivity index (χ0n) is 11.9. The van der Waals surface area contributed by atoms with E-state index in [-0.39, 0.29) is 0 Å². The fourth-order valence-corrected chi connectivity index (χ4v) is 3.19. The van der Waals surface area contributed by atoms with Crippen LogP contribution in [0.3, 0.4) is 0 Å². The second kappa shape index (κ2) is 6.93. The van der Waals surface area contributed by atoms with Crippen molar-refractivity contribution in [1.82, 2.24) is 14.9 Å². The predicted molar refractivity (Wildman–Crippen MR) is 75.6 cm³/mol. The highest BCUT2D eigenvalue weighted by atomic mass is 15.0. The Bertz CT molecular complexity index is 339. The molecule has 1 unspecified atom stereocenters. The summed E-state index contributed by atoms with van der Waals surface area (Å²) >= 11 is 0. The number of imidazole rings is 1. The van der Waals surface area contributed by atoms with Crippen LogP contribution in [-0.2, 0) is 13.5 Å². The molecule has 0 amide bonds. The summed E-state index contributed by atoms with van der Waals surface area (Å²) < 4.78 is 2.11. The van der Waals surface area contributed by atoms with Crippen LogP contribution < -0.4 is 5.32 Å². The number of aromatic nitrogens is 2. The number of hydrogen-bond donors (Lipinski definition) is 1. The largest absolute Gasteiger partial charge is 0.338 e. The summed E-state index contributed by atoms with van der Waals surface area (Å²) in [6, 6.07) is 0.713. The molecule has 1 saturated carbocycles. The molecule has 0 spiro atoms. The summed E-state index contributed by atoms with van der Waals surface area (Å²) in [5.41, 5.74) is 0. The molecule has 1 N–H and O–H groups in total. The van der Waals surface area contributed by atoms with E-state index >= 15 is 0 Å². The highest BCUT2D eigenvalue weighted by Gasteiger charge is 2.21. The molecule has 0 radical (unpaired) electrons. The lowest BCUT2D eigenvalue weighted by atomic mass is 9.83. The summed E-state index contributed by atoms with van der Waals surface area (Å²) in [6.07, 6.45) is 13.4. The summed E-state index contributed by atoms with van der Waals surface area (Å²) in [4.78, 5) is 4.37. The first-order valence-electron chi connectivity index (χ1n) is 7.51. The van der Waals surface area contributed by atoms with E-state index in [1.165, 1.54) is 44.3 Å². The van der Waals surface area contributed by atoms with E-state index in [1.54, 1.807) is 0 Å². The van der Waals surface area contributed by atoms with Crippen LogP contribution in [0.1, 0.15) is 51.3 Å². The van der Waals surface area contributed by atoms with Crippen molar-refractivity contribution < 1.29 is 0 Å². The number of hydrogen-bond acceptors (Lipinski definition) is 2. The van der Waals surface area contributed by atoms with E-state index in [2.05, 4.69) is 28.8 Å². The molecule has 1 aliphatic carbocycles. The first-order valence-corrected chi connectivity index (χ1v) is 7.51. The van der Waals surface area contributed by atoms with Gasteiger partial charge in [-0.1, -0.05) is 26.2 Å². The van der Waals surface area contributed by atoms with Gasteiger partial charge < -0.3 is 9.88 Å². The third-order valence-electron chi connectivity index (χ3n) is 4.33. The highest BCUT2D eigenvalue weighted by molar-refractivity contribution is 4.92. The highest BCUT2D eigenvalue weighted by Crippen LogP contribution is 2.27. The molecule has 102 valence electrons. The maximum atomic E-state index is 4.37. The third kappa shape index (κ3) is 3.58. The van der Waals surface area contributed by atoms with E-state index < -0.39 is 0 Å². The van der Waals surface area contributed by atoms with Gasteiger partial charge in [-0.2, -0.15) is 0 Å². The van der Waals surface area contributed by atoms with Gasteiger partial charge >= 0.3 is 0 Å². The van der Waals surface area contributed by atoms with Gasteiger partial charge in [-0.3, -0.25) is 0 Å². The molecule has 3 nitrogen and oxygen atoms in total. The fraction of sp³-hybridized carbons (Fsp3) is 0.800. The smallest absolute Gasteiger partial charge is 0.109 e. The molecule has 1 heterocycles. The lowest BCUT2D eigenvalue weighted by Gasteiger charge is -2.30. The van der Waals surface area contributed by atoms with Crippen molar-refractivity contribution in [3.05, 3.63) is 18.2 Å². The van der Waals surface area contributed by atoms with E-state index in [0.29, 0.717) is 6.04 Å². The normalized spacial score (nSPS) is 19.0. The van der Waals surface area contributed by atoms with Gasteiger partial charge in [-0.05, 0) is 25.2 Å². The van der Waals surface area contributed by atoms with Gasteiger partial charge in [0, 0.05) is 38.4 Å². The minimum Gasteiger partial charge on any atom is -0.338 e. The Kier molecular flexibility index (Phi) is 5.24. The van der Waals surface area contributed by atoms with Crippen molar-refractivity contribution in [1.29, 1.82) is 0 Å². The van der Waals surface area contributed by atoms with E-state index in [4.69, 9.17) is 0 Å². The number of nitrogens with zero attached hydrogens (tertiary/aromatic N) is 2. The van der Waals surface area contributed by atoms with Crippen LogP contribution in [0.25, 0.3) is 0 Å². The molecule has 0 bridgehead atoms. The van der Waals surface area contributed by atoms with Crippen molar-refractivity contribution in [2.24, 2.45) is 13.0 Å². The van der Waals surface area contributed by atoms with Crippen molar-refractivity contribution in [2.75, 3.05) is 6.54 Å². The molecule has 3 heteroatoms. The lowest BCUT2D eigenvalue weighted by molar-refractivity contribution is 0.263. The minimum atomic E-state index is 0.713. The molecule has 0 saturated heterocycles. The maximum absolute atomic E-state index is 4.37. The van der Waals surface area contributed by atoms with Crippen LogP contribution in [0.5, 0.6) is 0 Å². The second-order valence-electron chi connectivity index (χ2n) is 5.57. The first kappa shape index (κ1) is 13.6. The summed E-state index contributed by atoms with van der Waals surface area (Å²) in [5.74, 6) is 2.09. The molecule has 1 aliphatic rings. The van der Waals surface area contributed by atoms with Crippen molar-refractivity contribution >= 4 is 0 Å². The Morgan fingerprint density at radius 3 is 2.78 bits per heavy atom. The molecule has 18 heavy (non-hydrogen) atoms. The van der Waals surface area contributed by atoms with Crippen molar-refractivity contribution in [3.8, 4) is 0 Å². The van der Waals surface area contributed by atoms with Gasteiger partial charge in [-0.15, -0.1) is 0 Å². The van der Waals surface area contributed by atoms with E-state index in [9.17, 15) is 0 Å². The molecule has 2 rings (SSSR count). The standard InChI is InChI=1S/C15H27N3/c1-3-14(13-7-5-4-6-8-13)16-10-9-15-17-11-12-18(15)2/h11-14,16H,3-10H2,1-2H3. The monoisotopic (exact) mass is 249 g/mol. The number of nitrogens with one attached hydrogen (secondary N) is 1. The Balaban J connectivity index is 1.75. The van der Waals surface area contributed by atoms with Gasteiger partial charge in [0.2, 0.25) is 0 Å². The van der Waals surface area contributed by atoms with Crippen LogP contribution in [0.4, 0.5) is 0 Å². The average Bonchev–Trinajstić information content (AvgIpc) is 2.81. The first-order chi connectivity index (χ1) is 8.81. The lowest BCUT2D eigenvalue weighted by Crippen LogP contribution is -2.38. The second-order valence-corrected chi connectivity index (χ2v) is 5.57. The topological polar surface area (TPSA) is 29.9 Å². The van der Waals surface area contributed by atoms with Crippen LogP contribution in [0.2, 0.25) is 0 Å². The molecule has 1 aromatic rings. The van der Waals surface area contributed by atoms with Crippen LogP contribution in [0.15, 0.2) is 12.4 Å². The third-order valence-corrected chi connectivity index (χ3v) is 4.33. The SMILES string of the molecule is CCC(NCCc1nccn1C)C1CCCCC1. The van der Waals surface area contributed by atoms with Crippen molar-refractivity contribution in [3.63, 3.8) is 0 Å². The van der Waals surface area contributed by atoms with E-state index in [0.717, 1.165) is 18.9 Å². The fourth-order valence-electron chi connectivity index (χ4n) is 3.19. The van der Waals surface area contributed by atoms with Gasteiger partial charge in [0.1, 0.15) is 5.82 Å². The summed E-state index contributed by atoms with van der Waals surface area (Å²) in [5, 5.41) is 3.75. The summed E-state index contributed by atoms with van der Waals surface area (Å²) in [6.45, 7) is 3.37. The zero-order valence-corrected chi connectivity index (χ0v) is 11.9. The number of aryl methyl sites for hydroxylation is 1. The Labute approximate surface area is 111 Å². The average molecular weight is 249 g/mol. The molecule has 1 aromatic heterocycles. The molecule has 1 atom stereocenters. The number of rotatable bonds is 6. The van der Waals surface area contributed by atoms with Gasteiger partial charge in [0.25, 0.3) is 0 Å². The van der Waals surface area contributed by atoms with Gasteiger partial charge in [-0.25, -0.2) is 4.98 Å². The van der Waals surface area contributed by atoms with Gasteiger partial charge in [0.15, 0.2) is 0 Å². The quantitative estimate of drug-likeness (QED) is 0.840. The Morgan fingerprint density at radius 1 is 1.39 bits per heavy atom. The molecule has 0 aliphatic heterocycles. The maximum Gasteiger partial charge on any atom is 0.109 e. The van der Waals surface area contributed by atoms with Gasteiger partial charge in [0.05, 0.1) is 0 Å². The molecule has 1 fully saturated rings. The van der Waals surface area contributed by atoms with Crippen LogP contribution in [0, 0.1) is 5.92 Å². The van der Waals surface area contributed by atoms with Crippen LogP contribution in [-0.4, -0.2) is 22.1 Å².